The van der Waals surface area contributed by atoms with E-state index in [9.17, 15) is 27.1 Å². The first-order valence-electron chi connectivity index (χ1n) is 7.76. The number of hydrogen-bond donors (Lipinski definition) is 1. The molecule has 2 aliphatic rings. The van der Waals surface area contributed by atoms with Gasteiger partial charge in [0.15, 0.2) is 0 Å². The molecule has 1 N–H and O–H groups in total. The number of rotatable bonds is 2. The van der Waals surface area contributed by atoms with E-state index in [2.05, 4.69) is 0 Å². The minimum Gasteiger partial charge on any atom is -0.489 e. The van der Waals surface area contributed by atoms with Crippen LogP contribution in [0.3, 0.4) is 0 Å². The van der Waals surface area contributed by atoms with Gasteiger partial charge in [-0.15, -0.1) is 0 Å². The Balaban J connectivity index is 1.95. The van der Waals surface area contributed by atoms with E-state index in [-0.39, 0.29) is 36.1 Å². The molecule has 0 radical (unpaired) electrons. The molecule has 0 bridgehead atoms. The summed E-state index contributed by atoms with van der Waals surface area (Å²) in [5, 5.41) is 9.91. The SMILES string of the molecule is CC1C(F)C=C(F)CC1Oc1ccc(C(F)(F)F)c2c1CC[C@H]2O. The first-order valence-corrected chi connectivity index (χ1v) is 7.76. The molecule has 132 valence electrons. The van der Waals surface area contributed by atoms with Gasteiger partial charge in [0.2, 0.25) is 0 Å². The van der Waals surface area contributed by atoms with Gasteiger partial charge in [-0.05, 0) is 36.6 Å². The molecule has 0 fully saturated rings. The van der Waals surface area contributed by atoms with Gasteiger partial charge >= 0.3 is 6.18 Å². The first kappa shape index (κ1) is 17.2. The second-order valence-electron chi connectivity index (χ2n) is 6.33. The largest absolute Gasteiger partial charge is 0.489 e. The summed E-state index contributed by atoms with van der Waals surface area (Å²) in [6.07, 6.45) is -6.93. The van der Waals surface area contributed by atoms with Gasteiger partial charge in [0.25, 0.3) is 0 Å². The molecule has 0 amide bonds. The predicted octanol–water partition coefficient (Wildman–Crippen LogP) is 4.66. The van der Waals surface area contributed by atoms with Crippen molar-refractivity contribution in [2.45, 2.75) is 50.7 Å². The number of allylic oxidation sites excluding steroid dienone is 1. The number of hydrogen-bond acceptors (Lipinski definition) is 2. The Hall–Kier alpha value is -1.63. The second-order valence-corrected chi connectivity index (χ2v) is 6.33. The highest BCUT2D eigenvalue weighted by Crippen LogP contribution is 2.45. The third kappa shape index (κ3) is 3.01. The van der Waals surface area contributed by atoms with Gasteiger partial charge in [-0.1, -0.05) is 6.92 Å². The summed E-state index contributed by atoms with van der Waals surface area (Å²) in [6, 6.07) is 2.03. The van der Waals surface area contributed by atoms with Crippen molar-refractivity contribution in [1.82, 2.24) is 0 Å². The Morgan fingerprint density at radius 2 is 1.96 bits per heavy atom. The number of fused-ring (bicyclic) bond motifs is 1. The molecule has 0 heterocycles. The third-order valence-electron chi connectivity index (χ3n) is 4.72. The molecule has 0 spiro atoms. The van der Waals surface area contributed by atoms with Crippen LogP contribution in [0, 0.1) is 5.92 Å². The predicted molar refractivity (Wildman–Crippen MR) is 77.0 cm³/mol. The van der Waals surface area contributed by atoms with Crippen molar-refractivity contribution in [3.63, 3.8) is 0 Å². The van der Waals surface area contributed by atoms with Crippen LogP contribution in [0.1, 0.15) is 42.6 Å². The molecule has 7 heteroatoms. The molecule has 24 heavy (non-hydrogen) atoms. The molecule has 0 saturated heterocycles. The Labute approximate surface area is 135 Å². The fraction of sp³-hybridized carbons (Fsp3) is 0.529. The zero-order chi connectivity index (χ0) is 17.6. The van der Waals surface area contributed by atoms with E-state index in [1.165, 1.54) is 6.07 Å². The van der Waals surface area contributed by atoms with Gasteiger partial charge < -0.3 is 9.84 Å². The summed E-state index contributed by atoms with van der Waals surface area (Å²) in [4.78, 5) is 0. The van der Waals surface area contributed by atoms with Crippen molar-refractivity contribution < 1.29 is 31.8 Å². The Morgan fingerprint density at radius 1 is 1.25 bits per heavy atom. The average molecular weight is 348 g/mol. The smallest absolute Gasteiger partial charge is 0.416 e. The Morgan fingerprint density at radius 3 is 2.62 bits per heavy atom. The zero-order valence-electron chi connectivity index (χ0n) is 12.9. The number of ether oxygens (including phenoxy) is 1. The molecule has 2 aliphatic carbocycles. The van der Waals surface area contributed by atoms with Crippen LogP contribution in [0.5, 0.6) is 5.75 Å². The van der Waals surface area contributed by atoms with Crippen molar-refractivity contribution in [3.05, 3.63) is 40.7 Å². The van der Waals surface area contributed by atoms with Crippen LogP contribution in [-0.2, 0) is 12.6 Å². The Kier molecular flexibility index (Phi) is 4.32. The summed E-state index contributed by atoms with van der Waals surface area (Å²) in [6.45, 7) is 1.57. The number of aliphatic hydroxyl groups excluding tert-OH is 1. The van der Waals surface area contributed by atoms with E-state index in [0.29, 0.717) is 0 Å². The van der Waals surface area contributed by atoms with Gasteiger partial charge in [-0.3, -0.25) is 0 Å². The molecule has 0 saturated carbocycles. The topological polar surface area (TPSA) is 29.5 Å². The molecule has 1 aromatic rings. The van der Waals surface area contributed by atoms with Gasteiger partial charge in [-0.25, -0.2) is 8.78 Å². The number of alkyl halides is 4. The van der Waals surface area contributed by atoms with E-state index < -0.39 is 41.9 Å². The number of benzene rings is 1. The average Bonchev–Trinajstić information content (AvgIpc) is 2.86. The fourth-order valence-corrected chi connectivity index (χ4v) is 3.35. The number of aliphatic hydroxyl groups is 1. The molecule has 0 aromatic heterocycles. The second kappa shape index (κ2) is 6.02. The maximum Gasteiger partial charge on any atom is 0.416 e. The van der Waals surface area contributed by atoms with Crippen molar-refractivity contribution in [3.8, 4) is 5.75 Å². The van der Waals surface area contributed by atoms with Crippen LogP contribution in [0.4, 0.5) is 22.0 Å². The summed E-state index contributed by atoms with van der Waals surface area (Å²) in [7, 11) is 0. The van der Waals surface area contributed by atoms with Crippen molar-refractivity contribution >= 4 is 0 Å². The van der Waals surface area contributed by atoms with E-state index in [1.54, 1.807) is 6.92 Å². The quantitative estimate of drug-likeness (QED) is 0.788. The standard InChI is InChI=1S/C17H17F5O2/c1-8-12(19)6-9(18)7-15(8)24-14-5-3-11(17(20,21)22)16-10(14)2-4-13(16)23/h3,5-6,8,12-13,15,23H,2,4,7H2,1H3/t8?,12?,13-,15?/m1/s1. The van der Waals surface area contributed by atoms with E-state index in [0.717, 1.165) is 12.1 Å². The lowest BCUT2D eigenvalue weighted by molar-refractivity contribution is -0.139. The highest BCUT2D eigenvalue weighted by molar-refractivity contribution is 5.50. The van der Waals surface area contributed by atoms with Crippen molar-refractivity contribution in [2.75, 3.05) is 0 Å². The van der Waals surface area contributed by atoms with Crippen LogP contribution in [0.2, 0.25) is 0 Å². The molecular weight excluding hydrogens is 331 g/mol. The highest BCUT2D eigenvalue weighted by Gasteiger charge is 2.40. The monoisotopic (exact) mass is 348 g/mol. The molecule has 3 rings (SSSR count). The lowest BCUT2D eigenvalue weighted by Crippen LogP contribution is -2.34. The van der Waals surface area contributed by atoms with Gasteiger partial charge in [-0.2, -0.15) is 13.2 Å². The van der Waals surface area contributed by atoms with Crippen LogP contribution in [0.25, 0.3) is 0 Å². The van der Waals surface area contributed by atoms with E-state index in [4.69, 9.17) is 4.74 Å². The van der Waals surface area contributed by atoms with Gasteiger partial charge in [0, 0.05) is 17.9 Å². The molecule has 1 aromatic carbocycles. The van der Waals surface area contributed by atoms with Crippen LogP contribution < -0.4 is 4.74 Å². The van der Waals surface area contributed by atoms with Crippen molar-refractivity contribution in [1.29, 1.82) is 0 Å². The van der Waals surface area contributed by atoms with Crippen LogP contribution >= 0.6 is 0 Å². The molecule has 4 atom stereocenters. The van der Waals surface area contributed by atoms with Crippen LogP contribution in [0.15, 0.2) is 24.0 Å². The van der Waals surface area contributed by atoms with Crippen LogP contribution in [-0.4, -0.2) is 17.4 Å². The van der Waals surface area contributed by atoms with E-state index in [1.807, 2.05) is 0 Å². The van der Waals surface area contributed by atoms with E-state index >= 15 is 0 Å². The minimum atomic E-state index is -4.58. The molecular formula is C17H17F5O2. The minimum absolute atomic E-state index is 0.125. The third-order valence-corrected chi connectivity index (χ3v) is 4.72. The summed E-state index contributed by atoms with van der Waals surface area (Å²) in [5.74, 6) is -1.09. The summed E-state index contributed by atoms with van der Waals surface area (Å²) < 4.78 is 72.2. The summed E-state index contributed by atoms with van der Waals surface area (Å²) in [5.41, 5.74) is -0.799. The fourth-order valence-electron chi connectivity index (χ4n) is 3.35. The van der Waals surface area contributed by atoms with Crippen molar-refractivity contribution in [2.24, 2.45) is 5.92 Å². The lowest BCUT2D eigenvalue weighted by atomic mass is 9.90. The summed E-state index contributed by atoms with van der Waals surface area (Å²) >= 11 is 0. The van der Waals surface area contributed by atoms with Gasteiger partial charge in [0.05, 0.1) is 11.7 Å². The molecule has 3 unspecified atom stereocenters. The first-order chi connectivity index (χ1) is 11.2. The van der Waals surface area contributed by atoms with Gasteiger partial charge in [0.1, 0.15) is 23.9 Å². The molecule has 2 nitrogen and oxygen atoms in total. The number of halogens is 5. The Bertz CT molecular complexity index is 668. The lowest BCUT2D eigenvalue weighted by Gasteiger charge is -2.30. The maximum atomic E-state index is 13.8. The highest BCUT2D eigenvalue weighted by atomic mass is 19.4. The maximum absolute atomic E-state index is 13.8. The normalized spacial score (nSPS) is 30.0. The molecule has 0 aliphatic heterocycles. The zero-order valence-corrected chi connectivity index (χ0v) is 12.9.